The van der Waals surface area contributed by atoms with Gasteiger partial charge in [-0.15, -0.1) is 0 Å². The Kier molecular flexibility index (Phi) is 12.0. The molecular formula is C43H45N3O5S. The average Bonchev–Trinajstić information content (AvgIpc) is 3.17. The quantitative estimate of drug-likeness (QED) is 0.126. The summed E-state index contributed by atoms with van der Waals surface area (Å²) in [6, 6.07) is 40.6. The number of sulfonamides is 1. The van der Waals surface area contributed by atoms with E-state index in [1.165, 1.54) is 12.1 Å². The largest absolute Gasteiger partial charge is 0.457 e. The molecule has 1 N–H and O–H groups in total. The van der Waals surface area contributed by atoms with Gasteiger partial charge in [-0.2, -0.15) is 0 Å². The zero-order valence-electron chi connectivity index (χ0n) is 29.4. The molecule has 0 saturated heterocycles. The maximum absolute atomic E-state index is 14.8. The highest BCUT2D eigenvalue weighted by atomic mass is 32.2. The summed E-state index contributed by atoms with van der Waals surface area (Å²) in [6.45, 7) is 1.58. The Balaban J connectivity index is 1.38. The zero-order valence-corrected chi connectivity index (χ0v) is 30.3. The van der Waals surface area contributed by atoms with Crippen molar-refractivity contribution in [3.63, 3.8) is 0 Å². The molecule has 1 saturated carbocycles. The minimum atomic E-state index is -4.22. The molecule has 0 radical (unpaired) electrons. The maximum Gasteiger partial charge on any atom is 0.264 e. The van der Waals surface area contributed by atoms with Gasteiger partial charge < -0.3 is 15.0 Å². The molecule has 1 aliphatic rings. The molecule has 0 spiro atoms. The Morgan fingerprint density at radius 2 is 1.33 bits per heavy atom. The molecular weight excluding hydrogens is 671 g/mol. The minimum absolute atomic E-state index is 0.0296. The predicted octanol–water partition coefficient (Wildman–Crippen LogP) is 8.07. The number of anilines is 1. The molecule has 5 aromatic carbocycles. The first kappa shape index (κ1) is 36.4. The Labute approximate surface area is 307 Å². The van der Waals surface area contributed by atoms with Crippen molar-refractivity contribution < 1.29 is 22.7 Å². The Morgan fingerprint density at radius 3 is 1.98 bits per heavy atom. The number of nitrogens with one attached hydrogen (secondary N) is 1. The summed E-state index contributed by atoms with van der Waals surface area (Å²) < 4.78 is 35.8. The summed E-state index contributed by atoms with van der Waals surface area (Å²) in [5.41, 5.74) is 3.05. The van der Waals surface area contributed by atoms with Crippen molar-refractivity contribution >= 4 is 27.5 Å². The van der Waals surface area contributed by atoms with Crippen molar-refractivity contribution in [2.75, 3.05) is 10.8 Å². The van der Waals surface area contributed by atoms with Crippen LogP contribution in [0, 0.1) is 6.92 Å². The Bertz CT molecular complexity index is 2020. The molecule has 9 heteroatoms. The molecule has 0 aliphatic heterocycles. The third-order valence-corrected chi connectivity index (χ3v) is 11.2. The third-order valence-electron chi connectivity index (χ3n) is 9.37. The number of carbonyl (C=O) groups is 2. The fraction of sp³-hybridized carbons (Fsp3) is 0.256. The topological polar surface area (TPSA) is 96.0 Å². The normalized spacial score (nSPS) is 13.9. The van der Waals surface area contributed by atoms with E-state index in [1.54, 1.807) is 47.4 Å². The summed E-state index contributed by atoms with van der Waals surface area (Å²) in [7, 11) is -4.22. The van der Waals surface area contributed by atoms with Gasteiger partial charge in [-0.25, -0.2) is 8.42 Å². The van der Waals surface area contributed by atoms with Crippen LogP contribution in [0.5, 0.6) is 11.5 Å². The predicted molar refractivity (Wildman–Crippen MR) is 205 cm³/mol. The monoisotopic (exact) mass is 715 g/mol. The zero-order chi connectivity index (χ0) is 36.3. The van der Waals surface area contributed by atoms with Crippen LogP contribution in [-0.2, 0) is 32.6 Å². The van der Waals surface area contributed by atoms with Crippen molar-refractivity contribution in [1.82, 2.24) is 10.2 Å². The van der Waals surface area contributed by atoms with Crippen LogP contribution in [0.4, 0.5) is 5.69 Å². The molecule has 6 rings (SSSR count). The van der Waals surface area contributed by atoms with E-state index >= 15 is 0 Å². The van der Waals surface area contributed by atoms with E-state index in [0.717, 1.165) is 53.1 Å². The Hall–Kier alpha value is -5.41. The summed E-state index contributed by atoms with van der Waals surface area (Å²) in [5, 5.41) is 3.26. The number of rotatable bonds is 14. The molecule has 0 aromatic heterocycles. The first-order valence-corrected chi connectivity index (χ1v) is 19.3. The highest BCUT2D eigenvalue weighted by Gasteiger charge is 2.35. The van der Waals surface area contributed by atoms with E-state index < -0.39 is 28.5 Å². The molecule has 5 aromatic rings. The molecule has 1 atom stereocenters. The lowest BCUT2D eigenvalue weighted by Gasteiger charge is -2.35. The molecule has 8 nitrogen and oxygen atoms in total. The first-order chi connectivity index (χ1) is 25.3. The van der Waals surface area contributed by atoms with Gasteiger partial charge in [-0.3, -0.25) is 13.9 Å². The van der Waals surface area contributed by atoms with E-state index in [2.05, 4.69) is 5.32 Å². The highest BCUT2D eigenvalue weighted by Crippen LogP contribution is 2.29. The second-order valence-corrected chi connectivity index (χ2v) is 15.2. The molecule has 52 heavy (non-hydrogen) atoms. The number of aryl methyl sites for hydroxylation is 1. The fourth-order valence-corrected chi connectivity index (χ4v) is 8.09. The second kappa shape index (κ2) is 17.2. The highest BCUT2D eigenvalue weighted by molar-refractivity contribution is 7.92. The molecule has 0 bridgehead atoms. The van der Waals surface area contributed by atoms with Gasteiger partial charge in [0.05, 0.1) is 10.6 Å². The average molecular weight is 716 g/mol. The number of carbonyl (C=O) groups excluding carboxylic acids is 2. The van der Waals surface area contributed by atoms with Crippen LogP contribution in [0.15, 0.2) is 144 Å². The van der Waals surface area contributed by atoms with Gasteiger partial charge in [0.2, 0.25) is 11.8 Å². The first-order valence-electron chi connectivity index (χ1n) is 17.9. The van der Waals surface area contributed by atoms with Crippen LogP contribution in [0.25, 0.3) is 0 Å². The molecule has 1 fully saturated rings. The third kappa shape index (κ3) is 9.47. The van der Waals surface area contributed by atoms with Gasteiger partial charge in [0.1, 0.15) is 24.1 Å². The lowest BCUT2D eigenvalue weighted by atomic mass is 9.94. The van der Waals surface area contributed by atoms with Crippen LogP contribution in [-0.4, -0.2) is 43.8 Å². The lowest BCUT2D eigenvalue weighted by Crippen LogP contribution is -2.55. The van der Waals surface area contributed by atoms with Crippen LogP contribution >= 0.6 is 0 Å². The van der Waals surface area contributed by atoms with Crippen molar-refractivity contribution in [3.8, 4) is 11.5 Å². The van der Waals surface area contributed by atoms with Gasteiger partial charge in [0.15, 0.2) is 0 Å². The summed E-state index contributed by atoms with van der Waals surface area (Å²) in [4.78, 5) is 30.8. The number of amides is 2. The number of para-hydroxylation sites is 1. The fourth-order valence-electron chi connectivity index (χ4n) is 6.66. The standard InChI is InChI=1S/C43H45N3O5S/c1-33-15-14-18-35(29-33)31-45(41(30-34-16-6-2-7-17-34)43(48)44-36-19-8-3-9-20-36)42(47)32-46(52(49,50)40-23-12-5-13-24-40)37-25-27-39(28-26-37)51-38-21-10-4-11-22-38/h2,4-7,10-18,21-29,36,41H,3,8-9,19-20,30-32H2,1H3,(H,44,48). The van der Waals surface area contributed by atoms with Crippen molar-refractivity contribution in [2.24, 2.45) is 0 Å². The molecule has 2 amide bonds. The molecule has 0 heterocycles. The smallest absolute Gasteiger partial charge is 0.264 e. The van der Waals surface area contributed by atoms with E-state index in [1.807, 2.05) is 91.9 Å². The lowest BCUT2D eigenvalue weighted by molar-refractivity contribution is -0.140. The number of hydrogen-bond donors (Lipinski definition) is 1. The number of benzene rings is 5. The number of nitrogens with zero attached hydrogens (tertiary/aromatic N) is 2. The van der Waals surface area contributed by atoms with Crippen LogP contribution in [0.3, 0.4) is 0 Å². The van der Waals surface area contributed by atoms with Crippen molar-refractivity contribution in [1.29, 1.82) is 0 Å². The number of hydrogen-bond acceptors (Lipinski definition) is 5. The summed E-state index contributed by atoms with van der Waals surface area (Å²) >= 11 is 0. The SMILES string of the molecule is Cc1cccc(CN(C(=O)CN(c2ccc(Oc3ccccc3)cc2)S(=O)(=O)c2ccccc2)C(Cc2ccccc2)C(=O)NC2CCCCC2)c1. The van der Waals surface area contributed by atoms with Crippen LogP contribution in [0.1, 0.15) is 48.8 Å². The van der Waals surface area contributed by atoms with Crippen molar-refractivity contribution in [3.05, 3.63) is 156 Å². The van der Waals surface area contributed by atoms with Crippen LogP contribution < -0.4 is 14.4 Å². The van der Waals surface area contributed by atoms with Gasteiger partial charge in [-0.05, 0) is 79.4 Å². The van der Waals surface area contributed by atoms with Gasteiger partial charge in [-0.1, -0.05) is 116 Å². The Morgan fingerprint density at radius 1 is 0.731 bits per heavy atom. The number of ether oxygens (including phenoxy) is 1. The van der Waals surface area contributed by atoms with E-state index in [9.17, 15) is 18.0 Å². The van der Waals surface area contributed by atoms with Gasteiger partial charge in [0, 0.05) is 19.0 Å². The summed E-state index contributed by atoms with van der Waals surface area (Å²) in [5.74, 6) is 0.422. The molecule has 1 unspecified atom stereocenters. The molecule has 1 aliphatic carbocycles. The van der Waals surface area contributed by atoms with E-state index in [0.29, 0.717) is 17.2 Å². The van der Waals surface area contributed by atoms with E-state index in [4.69, 9.17) is 4.74 Å². The van der Waals surface area contributed by atoms with Crippen LogP contribution in [0.2, 0.25) is 0 Å². The van der Waals surface area contributed by atoms with Gasteiger partial charge >= 0.3 is 0 Å². The van der Waals surface area contributed by atoms with Gasteiger partial charge in [0.25, 0.3) is 10.0 Å². The second-order valence-electron chi connectivity index (χ2n) is 13.3. The van der Waals surface area contributed by atoms with E-state index in [-0.39, 0.29) is 29.8 Å². The minimum Gasteiger partial charge on any atom is -0.457 e. The maximum atomic E-state index is 14.8. The van der Waals surface area contributed by atoms with Crippen molar-refractivity contribution in [2.45, 2.75) is 69.0 Å². The summed E-state index contributed by atoms with van der Waals surface area (Å²) in [6.07, 6.45) is 5.28. The molecule has 268 valence electrons.